The number of aromatic nitrogens is 2. The van der Waals surface area contributed by atoms with E-state index in [4.69, 9.17) is 51.1 Å². The fourth-order valence-corrected chi connectivity index (χ4v) is 2.25. The Bertz CT molecular complexity index is 713. The zero-order valence-corrected chi connectivity index (χ0v) is 14.8. The van der Waals surface area contributed by atoms with E-state index in [0.29, 0.717) is 22.5 Å². The van der Waals surface area contributed by atoms with Crippen LogP contribution in [0.15, 0.2) is 18.2 Å². The zero-order chi connectivity index (χ0) is 16.4. The molecule has 0 aliphatic rings. The molecular weight excluding hydrogens is 370 g/mol. The molecule has 0 radical (unpaired) electrons. The highest BCUT2D eigenvalue weighted by Gasteiger charge is 2.21. The number of nitrogens with zero attached hydrogens (tertiary/aromatic N) is 2. The number of halogens is 4. The molecule has 0 atom stereocenters. The Kier molecular flexibility index (Phi) is 5.61. The molecule has 4 nitrogen and oxygen atoms in total. The molecule has 0 amide bonds. The van der Waals surface area contributed by atoms with Crippen molar-refractivity contribution in [2.75, 3.05) is 0 Å². The summed E-state index contributed by atoms with van der Waals surface area (Å²) in [5.41, 5.74) is 2.34. The topological polar surface area (TPSA) is 44.1 Å². The first-order valence-electron chi connectivity index (χ1n) is 6.27. The van der Waals surface area contributed by atoms with Gasteiger partial charge in [-0.2, -0.15) is 5.10 Å². The van der Waals surface area contributed by atoms with E-state index >= 15 is 0 Å². The van der Waals surface area contributed by atoms with Gasteiger partial charge in [-0.3, -0.25) is 0 Å². The predicted molar refractivity (Wildman–Crippen MR) is 88.4 cm³/mol. The maximum Gasteiger partial charge on any atom is 0.346 e. The molecule has 2 aromatic rings. The average Bonchev–Trinajstić information content (AvgIpc) is 2.70. The summed E-state index contributed by atoms with van der Waals surface area (Å²) in [6.07, 6.45) is 0. The Balaban J connectivity index is 2.32. The van der Waals surface area contributed by atoms with E-state index in [-0.39, 0.29) is 0 Å². The van der Waals surface area contributed by atoms with Crippen molar-refractivity contribution in [3.05, 3.63) is 45.1 Å². The van der Waals surface area contributed by atoms with Gasteiger partial charge >= 0.3 is 5.97 Å². The molecule has 118 valence electrons. The zero-order valence-electron chi connectivity index (χ0n) is 11.7. The van der Waals surface area contributed by atoms with E-state index in [2.05, 4.69) is 5.10 Å². The van der Waals surface area contributed by atoms with Crippen molar-refractivity contribution in [1.29, 1.82) is 0 Å². The normalized spacial score (nSPS) is 11.0. The molecule has 1 heterocycles. The van der Waals surface area contributed by atoms with Crippen LogP contribution in [0.1, 0.15) is 16.8 Å². The summed E-state index contributed by atoms with van der Waals surface area (Å²) in [5.74, 6) is -0.443. The summed E-state index contributed by atoms with van der Waals surface area (Å²) in [6, 6.07) is 5.24. The van der Waals surface area contributed by atoms with Crippen molar-refractivity contribution in [2.24, 2.45) is 0 Å². The summed E-state index contributed by atoms with van der Waals surface area (Å²) < 4.78 is 6.78. The van der Waals surface area contributed by atoms with Gasteiger partial charge in [-0.05, 0) is 31.5 Å². The highest BCUT2D eigenvalue weighted by atomic mass is 35.5. The summed E-state index contributed by atoms with van der Waals surface area (Å²) in [6.45, 7) is 3.98. The summed E-state index contributed by atoms with van der Waals surface area (Å²) >= 11 is 22.9. The van der Waals surface area contributed by atoms with Crippen LogP contribution in [-0.2, 0) is 11.3 Å². The van der Waals surface area contributed by atoms with Crippen LogP contribution in [0.4, 0.5) is 0 Å². The Morgan fingerprint density at radius 1 is 1.27 bits per heavy atom. The second kappa shape index (κ2) is 7.09. The van der Waals surface area contributed by atoms with Crippen LogP contribution in [0.3, 0.4) is 0 Å². The van der Waals surface area contributed by atoms with Crippen molar-refractivity contribution < 1.29 is 9.53 Å². The van der Waals surface area contributed by atoms with Crippen molar-refractivity contribution in [2.45, 2.75) is 25.2 Å². The molecular formula is C14H12Cl4N2O2. The number of hydrogen-bond donors (Lipinski definition) is 0. The number of rotatable bonds is 4. The largest absolute Gasteiger partial charge is 0.405 e. The molecule has 0 N–H and O–H groups in total. The van der Waals surface area contributed by atoms with Gasteiger partial charge in [0.25, 0.3) is 0 Å². The van der Waals surface area contributed by atoms with E-state index in [1.54, 1.807) is 23.7 Å². The van der Waals surface area contributed by atoms with Gasteiger partial charge in [0.2, 0.25) is 10.7 Å². The van der Waals surface area contributed by atoms with Crippen molar-refractivity contribution in [3.8, 4) is 5.88 Å². The van der Waals surface area contributed by atoms with Crippen LogP contribution < -0.4 is 4.74 Å². The number of hydrogen-bond acceptors (Lipinski definition) is 3. The van der Waals surface area contributed by atoms with E-state index in [9.17, 15) is 4.79 Å². The molecule has 8 heteroatoms. The highest BCUT2D eigenvalue weighted by Crippen LogP contribution is 2.26. The lowest BCUT2D eigenvalue weighted by Gasteiger charge is -2.10. The third kappa shape index (κ3) is 3.87. The molecule has 0 bridgehead atoms. The fraction of sp³-hybridized carbons (Fsp3) is 0.286. The van der Waals surface area contributed by atoms with Gasteiger partial charge in [-0.1, -0.05) is 52.5 Å². The lowest BCUT2D eigenvalue weighted by Crippen LogP contribution is -2.18. The number of aryl methyl sites for hydroxylation is 1. The molecule has 0 saturated carbocycles. The quantitative estimate of drug-likeness (QED) is 0.575. The van der Waals surface area contributed by atoms with E-state index in [1.165, 1.54) is 0 Å². The molecule has 2 rings (SSSR count). The molecule has 0 unspecified atom stereocenters. The number of alkyl halides is 2. The Labute approximate surface area is 147 Å². The van der Waals surface area contributed by atoms with Crippen LogP contribution in [-0.4, -0.2) is 20.6 Å². The fourth-order valence-electron chi connectivity index (χ4n) is 1.84. The second-order valence-corrected chi connectivity index (χ2v) is 6.55. The van der Waals surface area contributed by atoms with Crippen molar-refractivity contribution in [1.82, 2.24) is 9.78 Å². The number of esters is 1. The first-order valence-corrected chi connectivity index (χ1v) is 7.90. The molecule has 0 aliphatic carbocycles. The van der Waals surface area contributed by atoms with Gasteiger partial charge in [0, 0.05) is 5.56 Å². The van der Waals surface area contributed by atoms with Gasteiger partial charge in [0.05, 0.1) is 22.3 Å². The van der Waals surface area contributed by atoms with E-state index < -0.39 is 10.8 Å². The van der Waals surface area contributed by atoms with Gasteiger partial charge in [0.15, 0.2) is 0 Å². The van der Waals surface area contributed by atoms with E-state index in [0.717, 1.165) is 16.8 Å². The maximum absolute atomic E-state index is 11.6. The van der Waals surface area contributed by atoms with Crippen molar-refractivity contribution in [3.63, 3.8) is 0 Å². The Hall–Kier alpha value is -0.940. The van der Waals surface area contributed by atoms with Gasteiger partial charge in [-0.15, -0.1) is 0 Å². The average molecular weight is 382 g/mol. The monoisotopic (exact) mass is 380 g/mol. The van der Waals surface area contributed by atoms with Crippen LogP contribution >= 0.6 is 46.4 Å². The Morgan fingerprint density at radius 2 is 1.95 bits per heavy atom. The molecule has 1 aromatic carbocycles. The summed E-state index contributed by atoms with van der Waals surface area (Å²) in [7, 11) is 0. The third-order valence-corrected chi connectivity index (χ3v) is 4.16. The van der Waals surface area contributed by atoms with Gasteiger partial charge in [0.1, 0.15) is 0 Å². The minimum atomic E-state index is -1.26. The second-order valence-electron chi connectivity index (χ2n) is 4.64. The number of ether oxygens (including phenoxy) is 1. The minimum Gasteiger partial charge on any atom is -0.405 e. The molecule has 0 aliphatic heterocycles. The van der Waals surface area contributed by atoms with Crippen LogP contribution in [0.2, 0.25) is 10.0 Å². The maximum atomic E-state index is 11.6. The number of carbonyl (C=O) groups is 1. The smallest absolute Gasteiger partial charge is 0.346 e. The summed E-state index contributed by atoms with van der Waals surface area (Å²) in [5, 5.41) is 5.26. The SMILES string of the molecule is Cc1nn(Cc2ccc(Cl)c(Cl)c2)c(OC(=O)C(Cl)Cl)c1C. The lowest BCUT2D eigenvalue weighted by atomic mass is 10.2. The first kappa shape index (κ1) is 17.4. The van der Waals surface area contributed by atoms with Crippen LogP contribution in [0, 0.1) is 13.8 Å². The number of carbonyl (C=O) groups excluding carboxylic acids is 1. The Morgan fingerprint density at radius 3 is 2.55 bits per heavy atom. The lowest BCUT2D eigenvalue weighted by molar-refractivity contribution is -0.132. The molecule has 22 heavy (non-hydrogen) atoms. The van der Waals surface area contributed by atoms with Crippen LogP contribution in [0.5, 0.6) is 5.88 Å². The molecule has 1 aromatic heterocycles. The summed E-state index contributed by atoms with van der Waals surface area (Å²) in [4.78, 5) is 10.4. The molecule has 0 saturated heterocycles. The third-order valence-electron chi connectivity index (χ3n) is 3.06. The van der Waals surface area contributed by atoms with Gasteiger partial charge < -0.3 is 4.74 Å². The van der Waals surface area contributed by atoms with Crippen LogP contribution in [0.25, 0.3) is 0 Å². The highest BCUT2D eigenvalue weighted by molar-refractivity contribution is 6.53. The molecule has 0 fully saturated rings. The molecule has 0 spiro atoms. The number of benzene rings is 1. The minimum absolute atomic E-state index is 0.305. The van der Waals surface area contributed by atoms with E-state index in [1.807, 2.05) is 13.0 Å². The van der Waals surface area contributed by atoms with Gasteiger partial charge in [-0.25, -0.2) is 9.48 Å². The first-order chi connectivity index (χ1) is 10.3. The standard InChI is InChI=1S/C14H12Cl4N2O2/c1-7-8(2)19-20(13(7)22-14(21)12(17)18)6-9-3-4-10(15)11(16)5-9/h3-5,12H,6H2,1-2H3. The predicted octanol–water partition coefficient (Wildman–Crippen LogP) is 4.56. The van der Waals surface area contributed by atoms with Crippen molar-refractivity contribution >= 4 is 52.4 Å².